The molecule has 0 saturated carbocycles. The van der Waals surface area contributed by atoms with E-state index in [0.29, 0.717) is 11.3 Å². The predicted octanol–water partition coefficient (Wildman–Crippen LogP) is 3.15. The fourth-order valence-electron chi connectivity index (χ4n) is 3.04. The van der Waals surface area contributed by atoms with Gasteiger partial charge in [-0.15, -0.1) is 0 Å². The maximum absolute atomic E-state index is 12.8. The van der Waals surface area contributed by atoms with Crippen LogP contribution in [0.4, 0.5) is 10.5 Å². The van der Waals surface area contributed by atoms with Gasteiger partial charge in [-0.1, -0.05) is 30.3 Å². The highest BCUT2D eigenvalue weighted by Gasteiger charge is 2.30. The molecule has 0 aliphatic carbocycles. The van der Waals surface area contributed by atoms with Crippen LogP contribution in [-0.4, -0.2) is 23.4 Å². The number of amides is 3. The second-order valence-corrected chi connectivity index (χ2v) is 5.63. The van der Waals surface area contributed by atoms with Crippen LogP contribution in [-0.2, 0) is 0 Å². The largest absolute Gasteiger partial charge is 0.351 e. The first kappa shape index (κ1) is 15.1. The average molecular weight is 309 g/mol. The zero-order valence-electron chi connectivity index (χ0n) is 12.7. The number of benzene rings is 2. The van der Waals surface area contributed by atoms with Crippen molar-refractivity contribution in [2.24, 2.45) is 5.73 Å². The Morgan fingerprint density at radius 1 is 1.04 bits per heavy atom. The van der Waals surface area contributed by atoms with Gasteiger partial charge in [-0.3, -0.25) is 4.79 Å². The van der Waals surface area contributed by atoms with Crippen LogP contribution >= 0.6 is 0 Å². The minimum atomic E-state index is -0.618. The molecule has 1 atom stereocenters. The third-order valence-electron chi connectivity index (χ3n) is 4.10. The fourth-order valence-corrected chi connectivity index (χ4v) is 3.04. The molecular weight excluding hydrogens is 290 g/mol. The molecule has 118 valence electrons. The highest BCUT2D eigenvalue weighted by Crippen LogP contribution is 2.33. The summed E-state index contributed by atoms with van der Waals surface area (Å²) in [6.45, 7) is 0.764. The second kappa shape index (κ2) is 6.52. The van der Waals surface area contributed by atoms with E-state index in [1.54, 1.807) is 24.3 Å². The molecular formula is C18H19N3O2. The van der Waals surface area contributed by atoms with Gasteiger partial charge in [-0.05, 0) is 42.7 Å². The van der Waals surface area contributed by atoms with Crippen molar-refractivity contribution in [1.82, 2.24) is 4.90 Å². The Morgan fingerprint density at radius 3 is 2.39 bits per heavy atom. The summed E-state index contributed by atoms with van der Waals surface area (Å²) in [4.78, 5) is 25.5. The lowest BCUT2D eigenvalue weighted by Crippen LogP contribution is -2.30. The smallest absolute Gasteiger partial charge is 0.316 e. The van der Waals surface area contributed by atoms with Crippen LogP contribution in [0.5, 0.6) is 0 Å². The molecule has 0 unspecified atom stereocenters. The molecule has 3 rings (SSSR count). The van der Waals surface area contributed by atoms with Gasteiger partial charge in [0.25, 0.3) is 5.91 Å². The van der Waals surface area contributed by atoms with Crippen molar-refractivity contribution in [3.05, 3.63) is 65.7 Å². The normalized spacial score (nSPS) is 17.0. The van der Waals surface area contributed by atoms with E-state index in [9.17, 15) is 9.59 Å². The van der Waals surface area contributed by atoms with E-state index >= 15 is 0 Å². The Hall–Kier alpha value is -2.82. The van der Waals surface area contributed by atoms with Gasteiger partial charge in [0.2, 0.25) is 0 Å². The van der Waals surface area contributed by atoms with E-state index in [4.69, 9.17) is 5.73 Å². The molecule has 1 aliphatic heterocycles. The molecule has 0 spiro atoms. The number of likely N-dealkylation sites (tertiary alicyclic amines) is 1. The number of carbonyl (C=O) groups is 2. The first-order valence-electron chi connectivity index (χ1n) is 7.67. The van der Waals surface area contributed by atoms with Crippen molar-refractivity contribution >= 4 is 17.6 Å². The van der Waals surface area contributed by atoms with Gasteiger partial charge in [0.1, 0.15) is 0 Å². The van der Waals surface area contributed by atoms with Crippen LogP contribution in [0.15, 0.2) is 54.6 Å². The number of nitrogens with two attached hydrogens (primary N) is 1. The zero-order chi connectivity index (χ0) is 16.2. The van der Waals surface area contributed by atoms with Crippen molar-refractivity contribution in [1.29, 1.82) is 0 Å². The van der Waals surface area contributed by atoms with Crippen molar-refractivity contribution in [3.63, 3.8) is 0 Å². The minimum Gasteiger partial charge on any atom is -0.351 e. The summed E-state index contributed by atoms with van der Waals surface area (Å²) in [7, 11) is 0. The minimum absolute atomic E-state index is 0.0157. The van der Waals surface area contributed by atoms with E-state index in [0.717, 1.165) is 19.4 Å². The highest BCUT2D eigenvalue weighted by atomic mass is 16.2. The molecule has 1 fully saturated rings. The number of carbonyl (C=O) groups excluding carboxylic acids is 2. The number of hydrogen-bond acceptors (Lipinski definition) is 2. The van der Waals surface area contributed by atoms with Crippen LogP contribution in [0.25, 0.3) is 0 Å². The van der Waals surface area contributed by atoms with Crippen LogP contribution in [0.1, 0.15) is 34.8 Å². The summed E-state index contributed by atoms with van der Waals surface area (Å²) < 4.78 is 0. The number of rotatable bonds is 3. The molecule has 3 amide bonds. The molecule has 1 heterocycles. The molecule has 0 radical (unpaired) electrons. The van der Waals surface area contributed by atoms with E-state index in [-0.39, 0.29) is 11.9 Å². The molecule has 0 aromatic heterocycles. The zero-order valence-corrected chi connectivity index (χ0v) is 12.7. The van der Waals surface area contributed by atoms with Crippen molar-refractivity contribution in [2.45, 2.75) is 18.9 Å². The van der Waals surface area contributed by atoms with Crippen LogP contribution < -0.4 is 11.1 Å². The number of primary amides is 1. The standard InChI is InChI=1S/C18H19N3O2/c19-18(23)20-15-10-8-14(9-11-15)17(22)21-12-4-7-16(21)13-5-2-1-3-6-13/h1-3,5-6,8-11,16H,4,7,12H2,(H3,19,20,23)/t16-/m1/s1. The summed E-state index contributed by atoms with van der Waals surface area (Å²) in [5.74, 6) is 0.0157. The van der Waals surface area contributed by atoms with Gasteiger partial charge in [0, 0.05) is 17.8 Å². The van der Waals surface area contributed by atoms with Crippen LogP contribution in [0.2, 0.25) is 0 Å². The topological polar surface area (TPSA) is 75.4 Å². The van der Waals surface area contributed by atoms with Crippen molar-refractivity contribution in [3.8, 4) is 0 Å². The first-order valence-corrected chi connectivity index (χ1v) is 7.67. The average Bonchev–Trinajstić information content (AvgIpc) is 3.05. The number of nitrogens with zero attached hydrogens (tertiary/aromatic N) is 1. The van der Waals surface area contributed by atoms with Gasteiger partial charge in [-0.2, -0.15) is 0 Å². The van der Waals surface area contributed by atoms with Crippen molar-refractivity contribution < 1.29 is 9.59 Å². The van der Waals surface area contributed by atoms with Gasteiger partial charge < -0.3 is 16.0 Å². The SMILES string of the molecule is NC(=O)Nc1ccc(C(=O)N2CCC[C@@H]2c2ccccc2)cc1. The fraction of sp³-hybridized carbons (Fsp3) is 0.222. The van der Waals surface area contributed by atoms with Crippen LogP contribution in [0.3, 0.4) is 0 Å². The Labute approximate surface area is 135 Å². The lowest BCUT2D eigenvalue weighted by molar-refractivity contribution is 0.0735. The van der Waals surface area contributed by atoms with Crippen LogP contribution in [0, 0.1) is 0 Å². The Kier molecular flexibility index (Phi) is 4.28. The van der Waals surface area contributed by atoms with E-state index < -0.39 is 6.03 Å². The molecule has 23 heavy (non-hydrogen) atoms. The number of urea groups is 1. The number of nitrogens with one attached hydrogen (secondary N) is 1. The Morgan fingerprint density at radius 2 is 1.74 bits per heavy atom. The van der Waals surface area contributed by atoms with Gasteiger partial charge in [0.05, 0.1) is 6.04 Å². The highest BCUT2D eigenvalue weighted by molar-refractivity contribution is 5.95. The molecule has 2 aromatic rings. The lowest BCUT2D eigenvalue weighted by Gasteiger charge is -2.25. The summed E-state index contributed by atoms with van der Waals surface area (Å²) in [6.07, 6.45) is 1.99. The van der Waals surface area contributed by atoms with Crippen molar-refractivity contribution in [2.75, 3.05) is 11.9 Å². The summed E-state index contributed by atoms with van der Waals surface area (Å²) in [5.41, 5.74) is 7.44. The molecule has 1 saturated heterocycles. The predicted molar refractivity (Wildman–Crippen MR) is 89.1 cm³/mol. The third-order valence-corrected chi connectivity index (χ3v) is 4.10. The number of anilines is 1. The Balaban J connectivity index is 1.78. The molecule has 3 N–H and O–H groups in total. The van der Waals surface area contributed by atoms with Gasteiger partial charge in [-0.25, -0.2) is 4.79 Å². The monoisotopic (exact) mass is 309 g/mol. The summed E-state index contributed by atoms with van der Waals surface area (Å²) in [5, 5.41) is 2.49. The maximum atomic E-state index is 12.8. The molecule has 2 aromatic carbocycles. The molecule has 5 nitrogen and oxygen atoms in total. The third kappa shape index (κ3) is 3.34. The lowest BCUT2D eigenvalue weighted by atomic mass is 10.0. The summed E-state index contributed by atoms with van der Waals surface area (Å²) in [6, 6.07) is 16.4. The maximum Gasteiger partial charge on any atom is 0.316 e. The van der Waals surface area contributed by atoms with Gasteiger partial charge >= 0.3 is 6.03 Å². The molecule has 5 heteroatoms. The first-order chi connectivity index (χ1) is 11.1. The van der Waals surface area contributed by atoms with Gasteiger partial charge in [0.15, 0.2) is 0 Å². The van der Waals surface area contributed by atoms with E-state index in [1.165, 1.54) is 5.56 Å². The Bertz CT molecular complexity index is 698. The quantitative estimate of drug-likeness (QED) is 0.914. The molecule has 1 aliphatic rings. The molecule has 0 bridgehead atoms. The second-order valence-electron chi connectivity index (χ2n) is 5.63. The van der Waals surface area contributed by atoms with E-state index in [1.807, 2.05) is 23.1 Å². The number of hydrogen-bond donors (Lipinski definition) is 2. The summed E-state index contributed by atoms with van der Waals surface area (Å²) >= 11 is 0. The van der Waals surface area contributed by atoms with E-state index in [2.05, 4.69) is 17.4 Å².